The maximum absolute atomic E-state index is 13.4. The van der Waals surface area contributed by atoms with Crippen LogP contribution in [0, 0.1) is 0 Å². The van der Waals surface area contributed by atoms with Crippen molar-refractivity contribution >= 4 is 132 Å². The number of rotatable bonds is 12. The molecule has 102 heavy (non-hydrogen) atoms. The van der Waals surface area contributed by atoms with E-state index in [0.29, 0.717) is 89.5 Å². The van der Waals surface area contributed by atoms with E-state index in [1.807, 2.05) is 72.8 Å². The summed E-state index contributed by atoms with van der Waals surface area (Å²) in [6.07, 6.45) is 1.73. The Bertz CT molecular complexity index is 5030. The molecule has 16 rings (SSSR count). The maximum Gasteiger partial charge on any atom is 0.344 e. The highest BCUT2D eigenvalue weighted by atomic mass is 33.1. The number of hydrogen-bond acceptors (Lipinski definition) is 17. The number of ether oxygens (including phenoxy) is 8. The van der Waals surface area contributed by atoms with Crippen molar-refractivity contribution in [3.8, 4) is 46.0 Å². The number of methoxy groups -OCH3 is 2. The van der Waals surface area contributed by atoms with Gasteiger partial charge in [-0.25, -0.2) is 24.2 Å². The standard InChI is InChI=1S/C33H21NO6S2.C28H18O6S.C18H15P.CH4.H2P2S2.H2S/c1-37-20-13-15-25-27(18-20)39-28-19-21(14-16-26(28)33(25)24-10-4-2-8-22(24)32(36)40-33)38-31(35)23-9-3-5-11-29(23)41-42-30-12-6-7-17-34-30;1-31-16-10-12-21-23(14-16)33-24-15-17(32-26(29)19-7-3-5-9-25(19)35)11-13-22(24)28(21)20-8-4-2-6-18(20)27(30)34-28;1-4-10-16(11-5-1)19(17-12-6-2-7-13-17)18-14-8-3-9-15-18;;1-2-4-3;/h2-19H,1H3;2-15,35H,1H3;1-15H;1H4;1H2;1H2. The Morgan fingerprint density at radius 2 is 0.843 bits per heavy atom. The van der Waals surface area contributed by atoms with Crippen molar-refractivity contribution in [1.82, 2.24) is 4.98 Å². The zero-order valence-corrected chi connectivity index (χ0v) is 61.6. The van der Waals surface area contributed by atoms with Gasteiger partial charge in [-0.05, 0) is 159 Å². The Hall–Kier alpha value is -9.35. The molecule has 0 amide bonds. The number of esters is 4. The molecule has 0 fully saturated rings. The molecule has 1 aromatic heterocycles. The SMILES string of the molecule is C.COc1ccc2c(c1)Oc1cc(OC(=O)c3ccccc3S)ccc1C21OC(=O)c2ccccc21.COc1ccc2c(c1)Oc1cc(OC(=O)c3ccccc3SSc3ccccn3)ccc1C21OC(=O)c2ccccc21.PP=S=S.S.c1ccc(P(c2ccccc2)c2ccccc2)cc1. The molecular formula is C80H62NO12P3S6. The summed E-state index contributed by atoms with van der Waals surface area (Å²) >= 11 is 8.77. The molecule has 0 saturated heterocycles. The van der Waals surface area contributed by atoms with Crippen LogP contribution in [0.25, 0.3) is 0 Å². The normalized spacial score (nSPS) is 14.7. The second kappa shape index (κ2) is 33.6. The summed E-state index contributed by atoms with van der Waals surface area (Å²) < 4.78 is 47.1. The van der Waals surface area contributed by atoms with Crippen LogP contribution >= 0.6 is 71.6 Å². The van der Waals surface area contributed by atoms with E-state index in [1.54, 1.807) is 136 Å². The van der Waals surface area contributed by atoms with E-state index in [0.717, 1.165) is 22.5 Å². The van der Waals surface area contributed by atoms with Crippen molar-refractivity contribution in [1.29, 1.82) is 0 Å². The molecule has 22 heteroatoms. The summed E-state index contributed by atoms with van der Waals surface area (Å²) in [7, 11) is 10.6. The molecule has 0 bridgehead atoms. The van der Waals surface area contributed by atoms with Crippen LogP contribution in [0.1, 0.15) is 82.2 Å². The fraction of sp³-hybridized carbons (Fsp3) is 0.0625. The quantitative estimate of drug-likeness (QED) is 0.0405. The van der Waals surface area contributed by atoms with E-state index in [-0.39, 0.29) is 32.4 Å². The molecule has 4 aliphatic rings. The topological polar surface area (TPSA) is 155 Å². The number of carbonyl (C=O) groups excluding carboxylic acids is 4. The number of carbonyl (C=O) groups is 4. The molecular weight excluding hydrogens is 1450 g/mol. The summed E-state index contributed by atoms with van der Waals surface area (Å²) in [5, 5.41) is 5.03. The van der Waals surface area contributed by atoms with Gasteiger partial charge < -0.3 is 37.9 Å². The van der Waals surface area contributed by atoms with Gasteiger partial charge in [-0.1, -0.05) is 185 Å². The van der Waals surface area contributed by atoms with Crippen molar-refractivity contribution < 1.29 is 57.1 Å². The minimum Gasteiger partial charge on any atom is -0.497 e. The van der Waals surface area contributed by atoms with E-state index < -0.39 is 43.0 Å². The molecule has 510 valence electrons. The van der Waals surface area contributed by atoms with Gasteiger partial charge in [0.25, 0.3) is 0 Å². The van der Waals surface area contributed by atoms with Gasteiger partial charge in [0, 0.05) is 73.6 Å². The summed E-state index contributed by atoms with van der Waals surface area (Å²) in [6.45, 7) is 0. The Labute approximate surface area is 623 Å². The molecule has 4 aliphatic heterocycles. The molecule has 12 aromatic rings. The highest BCUT2D eigenvalue weighted by molar-refractivity contribution is 8.76. The van der Waals surface area contributed by atoms with E-state index in [2.05, 4.69) is 129 Å². The van der Waals surface area contributed by atoms with Crippen LogP contribution < -0.4 is 44.3 Å². The Morgan fingerprint density at radius 3 is 1.26 bits per heavy atom. The Morgan fingerprint density at radius 1 is 0.471 bits per heavy atom. The van der Waals surface area contributed by atoms with Crippen molar-refractivity contribution in [3.63, 3.8) is 0 Å². The van der Waals surface area contributed by atoms with Crippen molar-refractivity contribution in [2.75, 3.05) is 14.2 Å². The van der Waals surface area contributed by atoms with Crippen LogP contribution in [0.5, 0.6) is 46.0 Å². The van der Waals surface area contributed by atoms with Crippen LogP contribution in [-0.4, -0.2) is 43.1 Å². The summed E-state index contributed by atoms with van der Waals surface area (Å²) in [5.41, 5.74) is 3.36. The van der Waals surface area contributed by atoms with Crippen LogP contribution in [0.15, 0.2) is 300 Å². The van der Waals surface area contributed by atoms with Crippen molar-refractivity contribution in [2.45, 2.75) is 33.4 Å². The third-order valence-electron chi connectivity index (χ3n) is 16.4. The first kappa shape index (κ1) is 73.9. The smallest absolute Gasteiger partial charge is 0.344 e. The number of thiol groups is 1. The van der Waals surface area contributed by atoms with Gasteiger partial charge >= 0.3 is 23.9 Å². The van der Waals surface area contributed by atoms with Gasteiger partial charge in [-0.15, -0.1) is 12.6 Å². The number of aromatic nitrogens is 1. The number of hydrogen-bond donors (Lipinski definition) is 1. The zero-order valence-electron chi connectivity index (χ0n) is 53.5. The molecule has 0 N–H and O–H groups in total. The van der Waals surface area contributed by atoms with Crippen molar-refractivity contribution in [3.05, 3.63) is 341 Å². The fourth-order valence-corrected chi connectivity index (χ4v) is 16.6. The Kier molecular flexibility index (Phi) is 24.4. The Balaban J connectivity index is 0.000000157. The van der Waals surface area contributed by atoms with Gasteiger partial charge in [0.05, 0.1) is 36.5 Å². The fourth-order valence-electron chi connectivity index (χ4n) is 12.0. The number of nitrogens with zero attached hydrogens (tertiary/aromatic N) is 1. The van der Waals surface area contributed by atoms with E-state index >= 15 is 0 Å². The second-order valence-electron chi connectivity index (χ2n) is 22.1. The number of fused-ring (bicyclic) bond motifs is 12. The molecule has 2 spiro atoms. The monoisotopic (exact) mass is 1510 g/mol. The molecule has 13 nitrogen and oxygen atoms in total. The maximum atomic E-state index is 13.4. The van der Waals surface area contributed by atoms with E-state index in [9.17, 15) is 19.2 Å². The number of pyridine rings is 1. The minimum absolute atomic E-state index is 0. The zero-order chi connectivity index (χ0) is 69.2. The highest BCUT2D eigenvalue weighted by Gasteiger charge is 2.55. The first-order valence-electron chi connectivity index (χ1n) is 30.8. The second-order valence-corrected chi connectivity index (χ2v) is 31.7. The molecule has 0 saturated carbocycles. The van der Waals surface area contributed by atoms with Crippen LogP contribution in [-0.2, 0) is 41.4 Å². The third kappa shape index (κ3) is 15.2. The van der Waals surface area contributed by atoms with Gasteiger partial charge in [0.15, 0.2) is 11.2 Å². The molecule has 11 aromatic carbocycles. The predicted octanol–water partition coefficient (Wildman–Crippen LogP) is 18.8. The van der Waals surface area contributed by atoms with Crippen LogP contribution in [0.3, 0.4) is 0 Å². The lowest BCUT2D eigenvalue weighted by atomic mass is 9.77. The van der Waals surface area contributed by atoms with Gasteiger partial charge in [-0.3, -0.25) is 0 Å². The molecule has 0 radical (unpaired) electrons. The first-order valence-corrected chi connectivity index (χ1v) is 39.6. The molecule has 3 unspecified atom stereocenters. The predicted molar refractivity (Wildman–Crippen MR) is 422 cm³/mol. The summed E-state index contributed by atoms with van der Waals surface area (Å²) in [4.78, 5) is 57.7. The minimum atomic E-state index is -1.22. The highest BCUT2D eigenvalue weighted by Crippen LogP contribution is 2.59. The summed E-state index contributed by atoms with van der Waals surface area (Å²) in [5.74, 6) is 1.61. The lowest BCUT2D eigenvalue weighted by molar-refractivity contribution is 0.0214. The largest absolute Gasteiger partial charge is 0.497 e. The van der Waals surface area contributed by atoms with Crippen LogP contribution in [0.2, 0.25) is 0 Å². The number of benzene rings is 11. The average Bonchev–Trinajstić information content (AvgIpc) is 1.49. The summed E-state index contributed by atoms with van der Waals surface area (Å²) in [6, 6.07) is 87.7. The molecule has 3 atom stereocenters. The van der Waals surface area contributed by atoms with E-state index in [1.165, 1.54) is 47.0 Å². The molecule has 5 heterocycles. The van der Waals surface area contributed by atoms with Gasteiger partial charge in [0.1, 0.15) is 51.0 Å². The van der Waals surface area contributed by atoms with E-state index in [4.69, 9.17) is 37.9 Å². The average molecular weight is 1510 g/mol. The van der Waals surface area contributed by atoms with Crippen molar-refractivity contribution in [2.24, 2.45) is 0 Å². The molecule has 0 aliphatic carbocycles. The lowest BCUT2D eigenvalue weighted by Crippen LogP contribution is -2.33. The lowest BCUT2D eigenvalue weighted by Gasteiger charge is -2.36. The first-order chi connectivity index (χ1) is 48.9. The van der Waals surface area contributed by atoms with Gasteiger partial charge in [0.2, 0.25) is 0 Å². The van der Waals surface area contributed by atoms with Gasteiger partial charge in [-0.2, -0.15) is 13.5 Å². The van der Waals surface area contributed by atoms with Crippen LogP contribution in [0.4, 0.5) is 0 Å². The third-order valence-corrected chi connectivity index (χ3v) is 25.0.